The van der Waals surface area contributed by atoms with Gasteiger partial charge in [0.1, 0.15) is 11.5 Å². The minimum Gasteiger partial charge on any atom is -0.484 e. The summed E-state index contributed by atoms with van der Waals surface area (Å²) in [5, 5.41) is 0. The van der Waals surface area contributed by atoms with Gasteiger partial charge in [-0.1, -0.05) is 24.3 Å². The number of furan rings is 1. The van der Waals surface area contributed by atoms with Crippen LogP contribution in [0.2, 0.25) is 0 Å². The van der Waals surface area contributed by atoms with Gasteiger partial charge in [0.05, 0.1) is 25.0 Å². The van der Waals surface area contributed by atoms with Crippen LogP contribution in [0.5, 0.6) is 5.75 Å². The highest BCUT2D eigenvalue weighted by molar-refractivity contribution is 5.77. The number of hydrogen-bond donors (Lipinski definition) is 0. The molecule has 0 N–H and O–H groups in total. The first kappa shape index (κ1) is 16.8. The van der Waals surface area contributed by atoms with E-state index in [9.17, 15) is 4.79 Å². The van der Waals surface area contributed by atoms with Crippen molar-refractivity contribution in [3.05, 3.63) is 84.1 Å². The molecule has 1 amide bonds. The quantitative estimate of drug-likeness (QED) is 0.661. The van der Waals surface area contributed by atoms with Gasteiger partial charge in [0.25, 0.3) is 5.91 Å². The van der Waals surface area contributed by atoms with E-state index in [1.807, 2.05) is 61.5 Å². The fourth-order valence-electron chi connectivity index (χ4n) is 2.46. The van der Waals surface area contributed by atoms with Crippen LogP contribution < -0.4 is 4.74 Å². The maximum atomic E-state index is 12.7. The van der Waals surface area contributed by atoms with Crippen molar-refractivity contribution in [2.24, 2.45) is 0 Å². The summed E-state index contributed by atoms with van der Waals surface area (Å²) in [5.74, 6) is 1.32. The van der Waals surface area contributed by atoms with Crippen LogP contribution in [0.3, 0.4) is 0 Å². The smallest absolute Gasteiger partial charge is 0.261 e. The first-order valence-corrected chi connectivity index (χ1v) is 8.11. The van der Waals surface area contributed by atoms with Crippen LogP contribution in [0.15, 0.2) is 71.5 Å². The van der Waals surface area contributed by atoms with Gasteiger partial charge in [0, 0.05) is 6.20 Å². The molecule has 2 aromatic heterocycles. The number of para-hydroxylation sites is 1. The minimum absolute atomic E-state index is 0.0294. The summed E-state index contributed by atoms with van der Waals surface area (Å²) in [4.78, 5) is 18.7. The Morgan fingerprint density at radius 2 is 1.92 bits per heavy atom. The second kappa shape index (κ2) is 8.15. The number of benzene rings is 1. The molecule has 0 bridgehead atoms. The van der Waals surface area contributed by atoms with Crippen molar-refractivity contribution in [3.8, 4) is 5.75 Å². The molecule has 0 unspecified atom stereocenters. The molecule has 0 radical (unpaired) electrons. The fourth-order valence-corrected chi connectivity index (χ4v) is 2.46. The molecular formula is C20H20N2O3. The van der Waals surface area contributed by atoms with Crippen LogP contribution in [0.4, 0.5) is 0 Å². The van der Waals surface area contributed by atoms with Crippen molar-refractivity contribution in [1.29, 1.82) is 0 Å². The van der Waals surface area contributed by atoms with Gasteiger partial charge >= 0.3 is 0 Å². The zero-order chi connectivity index (χ0) is 17.5. The third kappa shape index (κ3) is 4.70. The molecule has 1 aromatic carbocycles. The average Bonchev–Trinajstić information content (AvgIpc) is 3.14. The number of ether oxygens (including phenoxy) is 1. The van der Waals surface area contributed by atoms with Crippen molar-refractivity contribution in [2.45, 2.75) is 20.0 Å². The number of carbonyl (C=O) groups excluding carboxylic acids is 1. The van der Waals surface area contributed by atoms with E-state index in [-0.39, 0.29) is 12.5 Å². The Bertz CT molecular complexity index is 801. The number of aryl methyl sites for hydroxylation is 1. The molecule has 3 aromatic rings. The molecule has 0 aliphatic heterocycles. The maximum Gasteiger partial charge on any atom is 0.261 e. The summed E-state index contributed by atoms with van der Waals surface area (Å²) in [7, 11) is 0. The van der Waals surface area contributed by atoms with Crippen LogP contribution in [0.1, 0.15) is 17.0 Å². The molecule has 0 spiro atoms. The lowest BCUT2D eigenvalue weighted by Crippen LogP contribution is -2.34. The van der Waals surface area contributed by atoms with Gasteiger partial charge in [-0.2, -0.15) is 0 Å². The number of aromatic nitrogens is 1. The molecule has 0 aliphatic rings. The SMILES string of the molecule is Cc1ccccc1OCC(=O)N(Cc1ccccn1)Cc1ccco1. The molecule has 25 heavy (non-hydrogen) atoms. The van der Waals surface area contributed by atoms with E-state index < -0.39 is 0 Å². The minimum atomic E-state index is -0.120. The summed E-state index contributed by atoms with van der Waals surface area (Å²) in [5.41, 5.74) is 1.82. The predicted molar refractivity (Wildman–Crippen MR) is 93.9 cm³/mol. The van der Waals surface area contributed by atoms with E-state index in [4.69, 9.17) is 9.15 Å². The van der Waals surface area contributed by atoms with Crippen LogP contribution in [-0.2, 0) is 17.9 Å². The van der Waals surface area contributed by atoms with Crippen molar-refractivity contribution >= 4 is 5.91 Å². The highest BCUT2D eigenvalue weighted by Crippen LogP contribution is 2.17. The van der Waals surface area contributed by atoms with Gasteiger partial charge < -0.3 is 14.1 Å². The Morgan fingerprint density at radius 3 is 2.64 bits per heavy atom. The van der Waals surface area contributed by atoms with Crippen molar-refractivity contribution in [3.63, 3.8) is 0 Å². The summed E-state index contributed by atoms with van der Waals surface area (Å²) in [6, 6.07) is 16.9. The summed E-state index contributed by atoms with van der Waals surface area (Å²) in [6.45, 7) is 2.70. The van der Waals surface area contributed by atoms with Gasteiger partial charge in [0.2, 0.25) is 0 Å². The molecule has 2 heterocycles. The second-order valence-electron chi connectivity index (χ2n) is 5.70. The zero-order valence-corrected chi connectivity index (χ0v) is 14.1. The van der Waals surface area contributed by atoms with Crippen LogP contribution in [0, 0.1) is 6.92 Å². The number of rotatable bonds is 7. The number of nitrogens with zero attached hydrogens (tertiary/aromatic N) is 2. The third-order valence-corrected chi connectivity index (χ3v) is 3.80. The standard InChI is InChI=1S/C20H20N2O3/c1-16-7-2-3-10-19(16)25-15-20(23)22(14-18-9-6-12-24-18)13-17-8-4-5-11-21-17/h2-12H,13-15H2,1H3. The van der Waals surface area contributed by atoms with Crippen molar-refractivity contribution in [2.75, 3.05) is 6.61 Å². The van der Waals surface area contributed by atoms with Gasteiger partial charge in [-0.05, 0) is 42.8 Å². The number of pyridine rings is 1. The lowest BCUT2D eigenvalue weighted by atomic mass is 10.2. The van der Waals surface area contributed by atoms with Gasteiger partial charge in [-0.25, -0.2) is 0 Å². The van der Waals surface area contributed by atoms with Crippen molar-refractivity contribution < 1.29 is 13.9 Å². The Hall–Kier alpha value is -3.08. The molecule has 0 saturated carbocycles. The zero-order valence-electron chi connectivity index (χ0n) is 14.1. The van der Waals surface area contributed by atoms with Gasteiger partial charge in [-0.3, -0.25) is 9.78 Å². The van der Waals surface area contributed by atoms with E-state index in [0.29, 0.717) is 18.8 Å². The third-order valence-electron chi connectivity index (χ3n) is 3.80. The molecule has 0 saturated heterocycles. The number of hydrogen-bond acceptors (Lipinski definition) is 4. The molecule has 0 atom stereocenters. The van der Waals surface area contributed by atoms with E-state index in [0.717, 1.165) is 17.0 Å². The van der Waals surface area contributed by atoms with Crippen LogP contribution in [-0.4, -0.2) is 22.4 Å². The normalized spacial score (nSPS) is 10.4. The molecule has 3 rings (SSSR count). The predicted octanol–water partition coefficient (Wildman–Crippen LogP) is 3.59. The lowest BCUT2D eigenvalue weighted by molar-refractivity contribution is -0.135. The van der Waals surface area contributed by atoms with Crippen LogP contribution >= 0.6 is 0 Å². The van der Waals surface area contributed by atoms with E-state index >= 15 is 0 Å². The molecule has 5 nitrogen and oxygen atoms in total. The largest absolute Gasteiger partial charge is 0.484 e. The molecule has 128 valence electrons. The van der Waals surface area contributed by atoms with Gasteiger partial charge in [0.15, 0.2) is 6.61 Å². The van der Waals surface area contributed by atoms with Crippen molar-refractivity contribution in [1.82, 2.24) is 9.88 Å². The first-order valence-electron chi connectivity index (χ1n) is 8.11. The van der Waals surface area contributed by atoms with E-state index in [2.05, 4.69) is 4.98 Å². The fraction of sp³-hybridized carbons (Fsp3) is 0.200. The first-order chi connectivity index (χ1) is 12.2. The Kier molecular flexibility index (Phi) is 5.46. The monoisotopic (exact) mass is 336 g/mol. The Labute approximate surface area is 146 Å². The second-order valence-corrected chi connectivity index (χ2v) is 5.70. The van der Waals surface area contributed by atoms with E-state index in [1.54, 1.807) is 17.4 Å². The number of amides is 1. The highest BCUT2D eigenvalue weighted by atomic mass is 16.5. The Balaban J connectivity index is 1.69. The lowest BCUT2D eigenvalue weighted by Gasteiger charge is -2.21. The molecular weight excluding hydrogens is 316 g/mol. The summed E-state index contributed by atoms with van der Waals surface area (Å²) < 4.78 is 11.1. The molecule has 5 heteroatoms. The Morgan fingerprint density at radius 1 is 1.08 bits per heavy atom. The topological polar surface area (TPSA) is 55.6 Å². The average molecular weight is 336 g/mol. The maximum absolute atomic E-state index is 12.7. The summed E-state index contributed by atoms with van der Waals surface area (Å²) in [6.07, 6.45) is 3.32. The summed E-state index contributed by atoms with van der Waals surface area (Å²) >= 11 is 0. The number of carbonyl (C=O) groups is 1. The molecule has 0 fully saturated rings. The van der Waals surface area contributed by atoms with Crippen LogP contribution in [0.25, 0.3) is 0 Å². The van der Waals surface area contributed by atoms with Gasteiger partial charge in [-0.15, -0.1) is 0 Å². The highest BCUT2D eigenvalue weighted by Gasteiger charge is 2.17. The van der Waals surface area contributed by atoms with E-state index in [1.165, 1.54) is 0 Å². The molecule has 0 aliphatic carbocycles.